The van der Waals surface area contributed by atoms with Gasteiger partial charge in [-0.1, -0.05) is 20.8 Å². The topological polar surface area (TPSA) is 120 Å². The van der Waals surface area contributed by atoms with Crippen LogP contribution in [-0.2, 0) is 19.6 Å². The number of rotatable bonds is 9. The Morgan fingerprint density at radius 2 is 1.78 bits per heavy atom. The standard InChI is InChI=1S/C21H28N4O3S.C5H12O2/c1-15(26)24-16-7-10-18(11-8-16)29(27,28)25(6)17-9-12-19(22-5)20(13-17)23-14-21(2,3)4;1-5(2)7-4-3-6/h7-14,22H,1-6H3,(H,24,26);5-6H,3-4H2,1-2H3. The summed E-state index contributed by atoms with van der Waals surface area (Å²) in [6.07, 6.45) is 2.08. The molecule has 2 rings (SSSR count). The number of aliphatic hydroxyl groups is 1. The van der Waals surface area contributed by atoms with Crippen LogP contribution >= 0.6 is 0 Å². The number of aliphatic imine (C=N–C) groups is 1. The predicted molar refractivity (Wildman–Crippen MR) is 148 cm³/mol. The zero-order chi connectivity index (χ0) is 27.5. The smallest absolute Gasteiger partial charge is 0.264 e. The first-order chi connectivity index (χ1) is 16.7. The minimum absolute atomic E-state index is 0.103. The van der Waals surface area contributed by atoms with Crippen molar-refractivity contribution in [3.63, 3.8) is 0 Å². The lowest BCUT2D eigenvalue weighted by molar-refractivity contribution is -0.114. The largest absolute Gasteiger partial charge is 0.394 e. The summed E-state index contributed by atoms with van der Waals surface area (Å²) < 4.78 is 32.2. The molecule has 0 spiro atoms. The fourth-order valence-corrected chi connectivity index (χ4v) is 3.98. The van der Waals surface area contributed by atoms with Gasteiger partial charge >= 0.3 is 0 Å². The van der Waals surface area contributed by atoms with Crippen LogP contribution in [0.2, 0.25) is 0 Å². The van der Waals surface area contributed by atoms with Gasteiger partial charge in [-0.2, -0.15) is 0 Å². The molecule has 0 aliphatic carbocycles. The van der Waals surface area contributed by atoms with E-state index in [9.17, 15) is 13.2 Å². The minimum Gasteiger partial charge on any atom is -0.394 e. The van der Waals surface area contributed by atoms with E-state index in [0.717, 1.165) is 5.69 Å². The predicted octanol–water partition coefficient (Wildman–Crippen LogP) is 4.66. The number of ether oxygens (including phenoxy) is 1. The van der Waals surface area contributed by atoms with Gasteiger partial charge in [0.15, 0.2) is 0 Å². The maximum absolute atomic E-state index is 13.0. The third-order valence-electron chi connectivity index (χ3n) is 4.58. The van der Waals surface area contributed by atoms with Gasteiger partial charge < -0.3 is 20.5 Å². The van der Waals surface area contributed by atoms with Gasteiger partial charge in [-0.3, -0.25) is 14.1 Å². The Bertz CT molecular complexity index is 1110. The second kappa shape index (κ2) is 14.0. The summed E-state index contributed by atoms with van der Waals surface area (Å²) >= 11 is 0. The summed E-state index contributed by atoms with van der Waals surface area (Å²) in [5.41, 5.74) is 2.39. The Morgan fingerprint density at radius 3 is 2.22 bits per heavy atom. The van der Waals surface area contributed by atoms with Crippen LogP contribution in [0.5, 0.6) is 0 Å². The lowest BCUT2D eigenvalue weighted by atomic mass is 9.99. The van der Waals surface area contributed by atoms with Crippen molar-refractivity contribution in [1.82, 2.24) is 0 Å². The number of nitrogens with zero attached hydrogens (tertiary/aromatic N) is 2. The molecule has 3 N–H and O–H groups in total. The monoisotopic (exact) mass is 520 g/mol. The molecule has 0 aromatic heterocycles. The lowest BCUT2D eigenvalue weighted by Crippen LogP contribution is -2.26. The maximum atomic E-state index is 13.0. The van der Waals surface area contributed by atoms with Crippen molar-refractivity contribution in [3.8, 4) is 0 Å². The van der Waals surface area contributed by atoms with Gasteiger partial charge in [0, 0.05) is 32.9 Å². The van der Waals surface area contributed by atoms with Crippen molar-refractivity contribution >= 4 is 44.9 Å². The molecule has 0 bridgehead atoms. The average Bonchev–Trinajstić information content (AvgIpc) is 2.80. The molecule has 0 saturated heterocycles. The second-order valence-electron chi connectivity index (χ2n) is 9.40. The number of carbonyl (C=O) groups excluding carboxylic acids is 1. The number of amides is 1. The van der Waals surface area contributed by atoms with Gasteiger partial charge in [0.2, 0.25) is 5.91 Å². The highest BCUT2D eigenvalue weighted by Crippen LogP contribution is 2.32. The second-order valence-corrected chi connectivity index (χ2v) is 11.4. The zero-order valence-corrected chi connectivity index (χ0v) is 23.3. The number of benzene rings is 2. The van der Waals surface area contributed by atoms with Crippen molar-refractivity contribution in [2.45, 2.75) is 52.5 Å². The average molecular weight is 521 g/mol. The van der Waals surface area contributed by atoms with Crippen LogP contribution in [0.15, 0.2) is 52.4 Å². The number of nitrogens with one attached hydrogen (secondary N) is 2. The number of anilines is 3. The van der Waals surface area contributed by atoms with E-state index in [2.05, 4.69) is 15.6 Å². The van der Waals surface area contributed by atoms with Crippen LogP contribution in [0.4, 0.5) is 22.7 Å². The van der Waals surface area contributed by atoms with Crippen molar-refractivity contribution < 1.29 is 23.1 Å². The van der Waals surface area contributed by atoms with Crippen LogP contribution in [0, 0.1) is 5.41 Å². The van der Waals surface area contributed by atoms with Crippen molar-refractivity contribution in [3.05, 3.63) is 42.5 Å². The molecule has 0 radical (unpaired) electrons. The van der Waals surface area contributed by atoms with Crippen LogP contribution in [0.25, 0.3) is 0 Å². The Hall–Kier alpha value is -2.95. The number of carbonyl (C=O) groups is 1. The highest BCUT2D eigenvalue weighted by molar-refractivity contribution is 7.92. The molecule has 10 heteroatoms. The van der Waals surface area contributed by atoms with E-state index in [1.807, 2.05) is 40.8 Å². The van der Waals surface area contributed by atoms with E-state index in [-0.39, 0.29) is 28.9 Å². The SMILES string of the molecule is CC(C)OCCO.CNc1ccc(N(C)S(=O)(=O)c2ccc(NC(C)=O)cc2)cc1N=CC(C)(C)C. The molecule has 0 saturated carbocycles. The zero-order valence-electron chi connectivity index (χ0n) is 22.5. The molecular formula is C26H40N4O5S. The number of hydrogen-bond donors (Lipinski definition) is 3. The van der Waals surface area contributed by atoms with Gasteiger partial charge in [0.05, 0.1) is 41.3 Å². The van der Waals surface area contributed by atoms with Gasteiger partial charge in [-0.25, -0.2) is 8.42 Å². The van der Waals surface area contributed by atoms with E-state index >= 15 is 0 Å². The Balaban J connectivity index is 0.000000809. The molecule has 0 fully saturated rings. The van der Waals surface area contributed by atoms with Crippen molar-refractivity contribution in [2.75, 3.05) is 42.2 Å². The van der Waals surface area contributed by atoms with Crippen LogP contribution in [0.1, 0.15) is 41.5 Å². The summed E-state index contributed by atoms with van der Waals surface area (Å²) in [6.45, 7) is 12.0. The molecule has 2 aromatic carbocycles. The highest BCUT2D eigenvalue weighted by atomic mass is 32.2. The normalized spacial score (nSPS) is 11.7. The van der Waals surface area contributed by atoms with Gasteiger partial charge in [-0.05, 0) is 61.7 Å². The number of sulfonamides is 1. The summed E-state index contributed by atoms with van der Waals surface area (Å²) in [6, 6.07) is 11.3. The van der Waals surface area contributed by atoms with Crippen molar-refractivity contribution in [2.24, 2.45) is 10.4 Å². The lowest BCUT2D eigenvalue weighted by Gasteiger charge is -2.21. The molecule has 0 aliphatic rings. The summed E-state index contributed by atoms with van der Waals surface area (Å²) in [4.78, 5) is 15.8. The van der Waals surface area contributed by atoms with Crippen LogP contribution < -0.4 is 14.9 Å². The summed E-state index contributed by atoms with van der Waals surface area (Å²) in [5, 5.41) is 13.9. The Labute approximate surface area is 215 Å². The molecular weight excluding hydrogens is 480 g/mol. The quantitative estimate of drug-likeness (QED) is 0.414. The number of aliphatic hydroxyl groups excluding tert-OH is 1. The molecule has 9 nitrogen and oxygen atoms in total. The van der Waals surface area contributed by atoms with E-state index in [1.165, 1.54) is 30.4 Å². The fraction of sp³-hybridized carbons (Fsp3) is 0.462. The first-order valence-electron chi connectivity index (χ1n) is 11.7. The summed E-state index contributed by atoms with van der Waals surface area (Å²) in [5.74, 6) is -0.217. The molecule has 0 aliphatic heterocycles. The van der Waals surface area contributed by atoms with Crippen LogP contribution in [0.3, 0.4) is 0 Å². The first-order valence-corrected chi connectivity index (χ1v) is 13.1. The van der Waals surface area contributed by atoms with Crippen LogP contribution in [-0.4, -0.2) is 59.1 Å². The summed E-state index contributed by atoms with van der Waals surface area (Å²) in [7, 11) is -0.472. The third-order valence-corrected chi connectivity index (χ3v) is 6.38. The van der Waals surface area contributed by atoms with Gasteiger partial charge in [0.1, 0.15) is 0 Å². The van der Waals surface area contributed by atoms with E-state index in [1.54, 1.807) is 37.4 Å². The minimum atomic E-state index is -3.77. The molecule has 36 heavy (non-hydrogen) atoms. The molecule has 200 valence electrons. The molecule has 0 unspecified atom stereocenters. The fourth-order valence-electron chi connectivity index (χ4n) is 2.80. The molecule has 1 amide bonds. The maximum Gasteiger partial charge on any atom is 0.264 e. The van der Waals surface area contributed by atoms with Gasteiger partial charge in [0.25, 0.3) is 10.0 Å². The Morgan fingerprint density at radius 1 is 1.17 bits per heavy atom. The van der Waals surface area contributed by atoms with E-state index in [0.29, 0.717) is 23.7 Å². The van der Waals surface area contributed by atoms with Gasteiger partial charge in [-0.15, -0.1) is 0 Å². The van der Waals surface area contributed by atoms with Crippen molar-refractivity contribution in [1.29, 1.82) is 0 Å². The third kappa shape index (κ3) is 10.3. The molecule has 2 aromatic rings. The molecule has 0 atom stereocenters. The first kappa shape index (κ1) is 31.1. The van der Waals surface area contributed by atoms with E-state index in [4.69, 9.17) is 9.84 Å². The number of hydrogen-bond acceptors (Lipinski definition) is 7. The van der Waals surface area contributed by atoms with E-state index < -0.39 is 10.0 Å². The Kier molecular flexibility index (Phi) is 12.1. The highest BCUT2D eigenvalue weighted by Gasteiger charge is 2.22. The molecule has 0 heterocycles.